The number of nitrogens with one attached hydrogen (secondary N) is 6. The average molecular weight is 743 g/mol. The Hall–Kier alpha value is -4.81. The molecule has 19 nitrogen and oxygen atoms in total. The molecule has 296 valence electrons. The van der Waals surface area contributed by atoms with E-state index in [1.807, 2.05) is 0 Å². The van der Waals surface area contributed by atoms with Gasteiger partial charge in [0.05, 0.1) is 6.04 Å². The number of carbonyl (C=O) groups excluding carboxylic acids is 7. The number of hydrogen-bond donors (Lipinski definition) is 10. The Labute approximate surface area is 303 Å². The first kappa shape index (κ1) is 47.2. The summed E-state index contributed by atoms with van der Waals surface area (Å²) in [4.78, 5) is 113. The van der Waals surface area contributed by atoms with E-state index in [-0.39, 0.29) is 43.9 Å². The van der Waals surface area contributed by atoms with Gasteiger partial charge >= 0.3 is 11.9 Å². The molecule has 0 rings (SSSR count). The van der Waals surface area contributed by atoms with Crippen LogP contribution in [0.1, 0.15) is 93.9 Å². The first-order valence-corrected chi connectivity index (χ1v) is 17.3. The highest BCUT2D eigenvalue weighted by Gasteiger charge is 2.34. The second-order valence-corrected chi connectivity index (χ2v) is 14.0. The topological polar surface area (TPSA) is 318 Å². The van der Waals surface area contributed by atoms with Crippen molar-refractivity contribution in [2.75, 3.05) is 0 Å². The third kappa shape index (κ3) is 18.4. The fraction of sp³-hybridized carbons (Fsp3) is 0.727. The lowest BCUT2D eigenvalue weighted by Crippen LogP contribution is -2.60. The van der Waals surface area contributed by atoms with Crippen LogP contribution in [0, 0.1) is 17.8 Å². The molecule has 52 heavy (non-hydrogen) atoms. The van der Waals surface area contributed by atoms with Crippen molar-refractivity contribution in [3.63, 3.8) is 0 Å². The van der Waals surface area contributed by atoms with Crippen molar-refractivity contribution in [1.29, 1.82) is 0 Å². The van der Waals surface area contributed by atoms with E-state index in [0.29, 0.717) is 0 Å². The summed E-state index contributed by atoms with van der Waals surface area (Å²) in [6.07, 6.45) is -1.14. The molecule has 0 aliphatic heterocycles. The number of carbonyl (C=O) groups is 9. The van der Waals surface area contributed by atoms with Crippen LogP contribution in [0.2, 0.25) is 0 Å². The van der Waals surface area contributed by atoms with Crippen LogP contribution < -0.4 is 43.4 Å². The standard InChI is InChI=1S/C33H58N8O11/c1-15(2)13-22(31(49)40-23(33(51)52)14-16(3)4)39-28(46)19(8)36-29(47)20(9-11-24(35)42)38-32(50)26(17(5)6)41-30(48)21(10-12-25(43)44)37-27(45)18(7)34/h15-23,26H,9-14,34H2,1-8H3,(H2,35,42)(H,36,47)(H,37,45)(H,38,50)(H,39,46)(H,40,49)(H,41,48)(H,43,44)(H,51,52)/t18-,19-,20-,21-,22-,23-,26-/m0/s1. The van der Waals surface area contributed by atoms with E-state index in [2.05, 4.69) is 31.9 Å². The van der Waals surface area contributed by atoms with Gasteiger partial charge in [0.1, 0.15) is 36.3 Å². The zero-order chi connectivity index (χ0) is 40.5. The monoisotopic (exact) mass is 742 g/mol. The van der Waals surface area contributed by atoms with Crippen LogP contribution in [0.25, 0.3) is 0 Å². The van der Waals surface area contributed by atoms with Gasteiger partial charge in [-0.05, 0) is 57.3 Å². The summed E-state index contributed by atoms with van der Waals surface area (Å²) in [5.74, 6) is -8.88. The number of rotatable bonds is 24. The van der Waals surface area contributed by atoms with Crippen molar-refractivity contribution in [1.82, 2.24) is 31.9 Å². The predicted octanol–water partition coefficient (Wildman–Crippen LogP) is -1.77. The molecule has 12 N–H and O–H groups in total. The van der Waals surface area contributed by atoms with E-state index in [9.17, 15) is 48.3 Å². The van der Waals surface area contributed by atoms with Crippen molar-refractivity contribution in [2.45, 2.75) is 136 Å². The maximum atomic E-state index is 13.5. The van der Waals surface area contributed by atoms with Gasteiger partial charge in [0.25, 0.3) is 0 Å². The Morgan fingerprint density at radius 3 is 1.38 bits per heavy atom. The van der Waals surface area contributed by atoms with Gasteiger partial charge in [-0.2, -0.15) is 0 Å². The molecule has 0 aliphatic carbocycles. The summed E-state index contributed by atoms with van der Waals surface area (Å²) in [5.41, 5.74) is 10.8. The first-order chi connectivity index (χ1) is 24.0. The van der Waals surface area contributed by atoms with Crippen molar-refractivity contribution in [3.8, 4) is 0 Å². The molecule has 7 atom stereocenters. The van der Waals surface area contributed by atoms with Crippen molar-refractivity contribution in [2.24, 2.45) is 29.2 Å². The largest absolute Gasteiger partial charge is 0.481 e. The predicted molar refractivity (Wildman–Crippen MR) is 188 cm³/mol. The molecule has 0 bridgehead atoms. The Morgan fingerprint density at radius 1 is 0.519 bits per heavy atom. The molecular formula is C33H58N8O11. The molecule has 0 aliphatic rings. The number of amides is 7. The zero-order valence-electron chi connectivity index (χ0n) is 31.2. The Morgan fingerprint density at radius 2 is 0.942 bits per heavy atom. The minimum Gasteiger partial charge on any atom is -0.481 e. The van der Waals surface area contributed by atoms with Gasteiger partial charge in [-0.25, -0.2) is 4.79 Å². The molecule has 0 saturated heterocycles. The lowest BCUT2D eigenvalue weighted by atomic mass is 10.00. The highest BCUT2D eigenvalue weighted by Crippen LogP contribution is 2.11. The molecule has 0 fully saturated rings. The molecule has 0 radical (unpaired) electrons. The van der Waals surface area contributed by atoms with Gasteiger partial charge in [-0.1, -0.05) is 41.5 Å². The molecule has 7 amide bonds. The number of aliphatic carboxylic acids is 2. The van der Waals surface area contributed by atoms with Gasteiger partial charge in [0, 0.05) is 12.8 Å². The summed E-state index contributed by atoms with van der Waals surface area (Å²) in [5, 5.41) is 33.4. The second kappa shape index (κ2) is 22.9. The van der Waals surface area contributed by atoms with Crippen LogP contribution in [-0.4, -0.2) is 106 Å². The fourth-order valence-corrected chi connectivity index (χ4v) is 4.79. The third-order valence-corrected chi connectivity index (χ3v) is 7.67. The SMILES string of the molecule is CC(C)C[C@H](NC(=O)[C@H](CC(C)C)NC(=O)[C@H](C)NC(=O)[C@H](CCC(N)=O)NC(=O)[C@@H](NC(=O)[C@H](CCC(=O)O)NC(=O)[C@H](C)N)C(C)C)C(=O)O. The Bertz CT molecular complexity index is 1290. The molecule has 0 spiro atoms. The lowest BCUT2D eigenvalue weighted by Gasteiger charge is -2.28. The number of carboxylic acid groups (broad SMARTS) is 2. The summed E-state index contributed by atoms with van der Waals surface area (Å²) in [7, 11) is 0. The van der Waals surface area contributed by atoms with E-state index < -0.39 is 108 Å². The highest BCUT2D eigenvalue weighted by atomic mass is 16.4. The Kier molecular flexibility index (Phi) is 20.8. The summed E-state index contributed by atoms with van der Waals surface area (Å²) >= 11 is 0. The molecule has 0 saturated carbocycles. The van der Waals surface area contributed by atoms with Crippen molar-refractivity contribution >= 4 is 53.3 Å². The van der Waals surface area contributed by atoms with Gasteiger partial charge in [-0.15, -0.1) is 0 Å². The molecule has 0 unspecified atom stereocenters. The van der Waals surface area contributed by atoms with Crippen molar-refractivity contribution < 1.29 is 53.4 Å². The van der Waals surface area contributed by atoms with Crippen LogP contribution in [0.4, 0.5) is 0 Å². The number of primary amides is 1. The molecule has 0 heterocycles. The fourth-order valence-electron chi connectivity index (χ4n) is 4.79. The summed E-state index contributed by atoms with van der Waals surface area (Å²) in [6.45, 7) is 13.0. The smallest absolute Gasteiger partial charge is 0.326 e. The molecule has 0 aromatic heterocycles. The minimum atomic E-state index is -1.43. The normalized spacial score (nSPS) is 15.2. The maximum Gasteiger partial charge on any atom is 0.326 e. The summed E-state index contributed by atoms with van der Waals surface area (Å²) in [6, 6.07) is -8.72. The van der Waals surface area contributed by atoms with Crippen LogP contribution in [0.15, 0.2) is 0 Å². The van der Waals surface area contributed by atoms with Gasteiger partial charge < -0.3 is 53.6 Å². The van der Waals surface area contributed by atoms with E-state index in [1.165, 1.54) is 13.8 Å². The molecular weight excluding hydrogens is 684 g/mol. The van der Waals surface area contributed by atoms with E-state index in [4.69, 9.17) is 16.6 Å². The van der Waals surface area contributed by atoms with Gasteiger partial charge in [0.2, 0.25) is 41.4 Å². The van der Waals surface area contributed by atoms with Gasteiger partial charge in [0.15, 0.2) is 0 Å². The number of hydrogen-bond acceptors (Lipinski definition) is 10. The van der Waals surface area contributed by atoms with E-state index in [0.717, 1.165) is 0 Å². The lowest BCUT2D eigenvalue weighted by molar-refractivity contribution is -0.143. The number of nitrogens with two attached hydrogens (primary N) is 2. The highest BCUT2D eigenvalue weighted by molar-refractivity contribution is 5.97. The maximum absolute atomic E-state index is 13.5. The van der Waals surface area contributed by atoms with E-state index in [1.54, 1.807) is 41.5 Å². The average Bonchev–Trinajstić information content (AvgIpc) is 3.01. The second-order valence-electron chi connectivity index (χ2n) is 14.0. The van der Waals surface area contributed by atoms with Crippen LogP contribution in [0.5, 0.6) is 0 Å². The minimum absolute atomic E-state index is 0.0430. The van der Waals surface area contributed by atoms with Gasteiger partial charge in [-0.3, -0.25) is 38.4 Å². The summed E-state index contributed by atoms with van der Waals surface area (Å²) < 4.78 is 0. The molecule has 19 heteroatoms. The number of carboxylic acids is 2. The molecule has 0 aromatic carbocycles. The third-order valence-electron chi connectivity index (χ3n) is 7.67. The first-order valence-electron chi connectivity index (χ1n) is 17.3. The zero-order valence-corrected chi connectivity index (χ0v) is 31.2. The van der Waals surface area contributed by atoms with Crippen molar-refractivity contribution in [3.05, 3.63) is 0 Å². The van der Waals surface area contributed by atoms with Crippen LogP contribution >= 0.6 is 0 Å². The van der Waals surface area contributed by atoms with Crippen LogP contribution in [-0.2, 0) is 43.2 Å². The quantitative estimate of drug-likeness (QED) is 0.0525. The molecule has 0 aromatic rings. The van der Waals surface area contributed by atoms with E-state index >= 15 is 0 Å². The van der Waals surface area contributed by atoms with Crippen LogP contribution in [0.3, 0.4) is 0 Å². The Balaban J connectivity index is 5.99.